The Morgan fingerprint density at radius 3 is 2.59 bits per heavy atom. The van der Waals surface area contributed by atoms with E-state index in [-0.39, 0.29) is 15.3 Å². The molecule has 0 aliphatic rings. The predicted molar refractivity (Wildman–Crippen MR) is 67.2 cm³/mol. The number of anilines is 1. The van der Waals surface area contributed by atoms with Crippen LogP contribution in [0.15, 0.2) is 28.6 Å². The van der Waals surface area contributed by atoms with Gasteiger partial charge in [-0.2, -0.15) is 4.98 Å². The molecule has 0 fully saturated rings. The van der Waals surface area contributed by atoms with Crippen molar-refractivity contribution in [2.45, 2.75) is 4.21 Å². The van der Waals surface area contributed by atoms with Gasteiger partial charge in [-0.3, -0.25) is 4.72 Å². The second-order valence-electron chi connectivity index (χ2n) is 2.87. The molecule has 0 atom stereocenters. The van der Waals surface area contributed by atoms with Gasteiger partial charge >= 0.3 is 0 Å². The Kier molecular flexibility index (Phi) is 3.53. The minimum atomic E-state index is -3.67. The summed E-state index contributed by atoms with van der Waals surface area (Å²) in [6.45, 7) is 0. The fraction of sp³-hybridized carbons (Fsp3) is 0. The molecule has 2 aromatic rings. The largest absolute Gasteiger partial charge is 0.272 e. The first-order valence-electron chi connectivity index (χ1n) is 4.24. The molecule has 0 aromatic carbocycles. The number of nitrogens with zero attached hydrogens (tertiary/aromatic N) is 2. The molecule has 0 saturated carbocycles. The first kappa shape index (κ1) is 12.6. The van der Waals surface area contributed by atoms with Gasteiger partial charge in [0.2, 0.25) is 5.28 Å². The van der Waals surface area contributed by atoms with Gasteiger partial charge in [0.1, 0.15) is 10.0 Å². The summed E-state index contributed by atoms with van der Waals surface area (Å²) in [4.78, 5) is 7.37. The monoisotopic (exact) mass is 309 g/mol. The summed E-state index contributed by atoms with van der Waals surface area (Å²) in [5.41, 5.74) is 0. The van der Waals surface area contributed by atoms with Crippen LogP contribution in [0, 0.1) is 0 Å². The normalized spacial score (nSPS) is 11.4. The fourth-order valence-electron chi connectivity index (χ4n) is 1.02. The average Bonchev–Trinajstić information content (AvgIpc) is 2.65. The first-order chi connectivity index (χ1) is 7.97. The number of thiophene rings is 1. The number of halogens is 2. The van der Waals surface area contributed by atoms with Gasteiger partial charge in [0.15, 0.2) is 0 Å². The zero-order valence-electron chi connectivity index (χ0n) is 8.09. The summed E-state index contributed by atoms with van der Waals surface area (Å²) in [5, 5.41) is -0.0330. The molecule has 2 aromatic heterocycles. The molecule has 90 valence electrons. The van der Waals surface area contributed by atoms with E-state index in [2.05, 4.69) is 14.7 Å². The third-order valence-electron chi connectivity index (χ3n) is 1.68. The van der Waals surface area contributed by atoms with E-state index < -0.39 is 10.0 Å². The molecule has 0 saturated heterocycles. The van der Waals surface area contributed by atoms with Crippen molar-refractivity contribution in [3.05, 3.63) is 34.0 Å². The van der Waals surface area contributed by atoms with Crippen LogP contribution in [0.4, 0.5) is 5.82 Å². The number of nitrogens with one attached hydrogen (secondary N) is 1. The highest BCUT2D eigenvalue weighted by Crippen LogP contribution is 2.26. The minimum Gasteiger partial charge on any atom is -0.263 e. The molecule has 0 spiro atoms. The maximum Gasteiger partial charge on any atom is 0.272 e. The Labute approximate surface area is 111 Å². The molecule has 0 aliphatic heterocycles. The third kappa shape index (κ3) is 3.06. The standard InChI is InChI=1S/C8H5Cl2N3O2S2/c9-5-1-2-7(16-5)17(14,15)13-6-3-4-11-8(10)12-6/h1-4H,(H,11,12,13). The van der Waals surface area contributed by atoms with Crippen LogP contribution >= 0.6 is 34.5 Å². The van der Waals surface area contributed by atoms with E-state index in [0.29, 0.717) is 4.34 Å². The molecule has 2 heterocycles. The first-order valence-corrected chi connectivity index (χ1v) is 7.30. The van der Waals surface area contributed by atoms with Crippen LogP contribution in [-0.4, -0.2) is 18.4 Å². The van der Waals surface area contributed by atoms with Crippen LogP contribution in [0.2, 0.25) is 9.62 Å². The van der Waals surface area contributed by atoms with E-state index in [1.54, 1.807) is 0 Å². The lowest BCUT2D eigenvalue weighted by molar-refractivity contribution is 0.603. The van der Waals surface area contributed by atoms with Crippen molar-refractivity contribution < 1.29 is 8.42 Å². The zero-order valence-corrected chi connectivity index (χ0v) is 11.2. The second-order valence-corrected chi connectivity index (χ2v) is 6.84. The van der Waals surface area contributed by atoms with E-state index in [4.69, 9.17) is 23.2 Å². The number of hydrogen-bond donors (Lipinski definition) is 1. The maximum absolute atomic E-state index is 11.9. The highest BCUT2D eigenvalue weighted by atomic mass is 35.5. The summed E-state index contributed by atoms with van der Waals surface area (Å²) in [5.74, 6) is 0.106. The quantitative estimate of drug-likeness (QED) is 0.885. The van der Waals surface area contributed by atoms with Gasteiger partial charge in [-0.25, -0.2) is 13.4 Å². The van der Waals surface area contributed by atoms with Gasteiger partial charge in [-0.05, 0) is 29.8 Å². The molecular formula is C8H5Cl2N3O2S2. The zero-order chi connectivity index (χ0) is 12.5. The van der Waals surface area contributed by atoms with Crippen LogP contribution in [-0.2, 0) is 10.0 Å². The van der Waals surface area contributed by atoms with E-state index in [1.165, 1.54) is 24.4 Å². The summed E-state index contributed by atoms with van der Waals surface area (Å²) in [6, 6.07) is 4.32. The van der Waals surface area contributed by atoms with Crippen molar-refractivity contribution in [3.63, 3.8) is 0 Å². The van der Waals surface area contributed by atoms with Crippen LogP contribution < -0.4 is 4.72 Å². The highest BCUT2D eigenvalue weighted by molar-refractivity contribution is 7.94. The van der Waals surface area contributed by atoms with Crippen molar-refractivity contribution in [1.82, 2.24) is 9.97 Å². The Bertz CT molecular complexity index is 642. The lowest BCUT2D eigenvalue weighted by Gasteiger charge is -2.04. The van der Waals surface area contributed by atoms with Gasteiger partial charge in [0.25, 0.3) is 10.0 Å². The number of rotatable bonds is 3. The van der Waals surface area contributed by atoms with Crippen LogP contribution in [0.3, 0.4) is 0 Å². The van der Waals surface area contributed by atoms with Crippen molar-refractivity contribution in [2.75, 3.05) is 4.72 Å². The minimum absolute atomic E-state index is 0.0330. The molecule has 0 radical (unpaired) electrons. The summed E-state index contributed by atoms with van der Waals surface area (Å²) < 4.78 is 26.5. The lowest BCUT2D eigenvalue weighted by atomic mass is 10.6. The topological polar surface area (TPSA) is 72.0 Å². The van der Waals surface area contributed by atoms with Crippen LogP contribution in [0.1, 0.15) is 0 Å². The number of sulfonamides is 1. The molecule has 0 aliphatic carbocycles. The molecule has 0 unspecified atom stereocenters. The van der Waals surface area contributed by atoms with E-state index in [0.717, 1.165) is 11.3 Å². The lowest BCUT2D eigenvalue weighted by Crippen LogP contribution is -2.12. The summed E-state index contributed by atoms with van der Waals surface area (Å²) >= 11 is 12.2. The number of hydrogen-bond acceptors (Lipinski definition) is 5. The van der Waals surface area contributed by atoms with Gasteiger partial charge < -0.3 is 0 Å². The Hall–Kier alpha value is -0.890. The van der Waals surface area contributed by atoms with Gasteiger partial charge in [-0.1, -0.05) is 11.6 Å². The van der Waals surface area contributed by atoms with E-state index in [9.17, 15) is 8.42 Å². The highest BCUT2D eigenvalue weighted by Gasteiger charge is 2.17. The van der Waals surface area contributed by atoms with Crippen molar-refractivity contribution in [3.8, 4) is 0 Å². The van der Waals surface area contributed by atoms with Crippen molar-refractivity contribution in [2.24, 2.45) is 0 Å². The Morgan fingerprint density at radius 2 is 2.00 bits per heavy atom. The molecular weight excluding hydrogens is 305 g/mol. The molecule has 1 N–H and O–H groups in total. The summed E-state index contributed by atoms with van der Waals surface area (Å²) in [7, 11) is -3.67. The predicted octanol–water partition coefficient (Wildman–Crippen LogP) is 2.65. The molecule has 0 amide bonds. The fourth-order valence-corrected chi connectivity index (χ4v) is 3.65. The van der Waals surface area contributed by atoms with Crippen LogP contribution in [0.5, 0.6) is 0 Å². The average molecular weight is 310 g/mol. The Morgan fingerprint density at radius 1 is 1.24 bits per heavy atom. The van der Waals surface area contributed by atoms with E-state index in [1.807, 2.05) is 0 Å². The smallest absolute Gasteiger partial charge is 0.263 e. The van der Waals surface area contributed by atoms with Gasteiger partial charge in [0, 0.05) is 6.20 Å². The van der Waals surface area contributed by atoms with Crippen molar-refractivity contribution in [1.29, 1.82) is 0 Å². The summed E-state index contributed by atoms with van der Waals surface area (Å²) in [6.07, 6.45) is 1.36. The van der Waals surface area contributed by atoms with Gasteiger partial charge in [-0.15, -0.1) is 11.3 Å². The van der Waals surface area contributed by atoms with Crippen LogP contribution in [0.25, 0.3) is 0 Å². The number of aromatic nitrogens is 2. The van der Waals surface area contributed by atoms with E-state index >= 15 is 0 Å². The second kappa shape index (κ2) is 4.77. The molecule has 5 nitrogen and oxygen atoms in total. The third-order valence-corrected chi connectivity index (χ3v) is 4.94. The molecule has 2 rings (SSSR count). The Balaban J connectivity index is 2.29. The molecule has 17 heavy (non-hydrogen) atoms. The van der Waals surface area contributed by atoms with Crippen molar-refractivity contribution >= 4 is 50.4 Å². The van der Waals surface area contributed by atoms with Gasteiger partial charge in [0.05, 0.1) is 4.34 Å². The maximum atomic E-state index is 11.9. The molecule has 0 bridgehead atoms. The SMILES string of the molecule is O=S(=O)(Nc1ccnc(Cl)n1)c1ccc(Cl)s1. The molecule has 9 heteroatoms.